The van der Waals surface area contributed by atoms with Crippen molar-refractivity contribution in [3.63, 3.8) is 0 Å². The van der Waals surface area contributed by atoms with Gasteiger partial charge in [0, 0.05) is 11.6 Å². The molecular weight excluding hydrogens is 224 g/mol. The Labute approximate surface area is 109 Å². The molecule has 1 aliphatic heterocycles. The van der Waals surface area contributed by atoms with Gasteiger partial charge in [-0.1, -0.05) is 6.08 Å². The Balaban J connectivity index is 1.80. The Hall–Kier alpha value is -1.44. The van der Waals surface area contributed by atoms with Crippen LogP contribution in [0.1, 0.15) is 45.1 Å². The maximum atomic E-state index is 6.01. The van der Waals surface area contributed by atoms with Gasteiger partial charge in [0.25, 0.3) is 0 Å². The topological polar surface area (TPSA) is 18.5 Å². The van der Waals surface area contributed by atoms with E-state index in [2.05, 4.69) is 32.1 Å². The van der Waals surface area contributed by atoms with Crippen molar-refractivity contribution >= 4 is 6.08 Å². The lowest BCUT2D eigenvalue weighted by Crippen LogP contribution is -2.27. The summed E-state index contributed by atoms with van der Waals surface area (Å²) in [6.07, 6.45) is 9.57. The monoisotopic (exact) mass is 244 g/mol. The second-order valence-corrected chi connectivity index (χ2v) is 5.76. The molecule has 2 heteroatoms. The van der Waals surface area contributed by atoms with Crippen LogP contribution in [0.3, 0.4) is 0 Å². The van der Waals surface area contributed by atoms with Crippen molar-refractivity contribution in [3.05, 3.63) is 29.8 Å². The second kappa shape index (κ2) is 4.34. The minimum absolute atomic E-state index is 0.223. The number of hydrogen-bond donors (Lipinski definition) is 0. The van der Waals surface area contributed by atoms with Crippen molar-refractivity contribution in [3.8, 4) is 11.5 Å². The lowest BCUT2D eigenvalue weighted by molar-refractivity contribution is 0.156. The van der Waals surface area contributed by atoms with Crippen LogP contribution in [0.5, 0.6) is 11.5 Å². The summed E-state index contributed by atoms with van der Waals surface area (Å²) in [4.78, 5) is 0. The fourth-order valence-corrected chi connectivity index (χ4v) is 2.62. The van der Waals surface area contributed by atoms with E-state index in [0.717, 1.165) is 17.1 Å². The molecule has 96 valence electrons. The molecule has 0 N–H and O–H groups in total. The molecule has 2 aliphatic rings. The van der Waals surface area contributed by atoms with E-state index < -0.39 is 0 Å². The standard InChI is InChI=1S/C16H20O2/c1-16(2)10-9-12-7-8-14(11-15(12)18-16)17-13-5-3-4-6-13/h7-11,13H,3-6H2,1-2H3. The summed E-state index contributed by atoms with van der Waals surface area (Å²) in [5.41, 5.74) is 0.909. The first-order valence-corrected chi connectivity index (χ1v) is 6.81. The lowest BCUT2D eigenvalue weighted by Gasteiger charge is -2.28. The van der Waals surface area contributed by atoms with Crippen molar-refractivity contribution in [1.82, 2.24) is 0 Å². The molecule has 1 aliphatic carbocycles. The summed E-state index contributed by atoms with van der Waals surface area (Å²) in [7, 11) is 0. The Bertz CT molecular complexity index is 468. The van der Waals surface area contributed by atoms with Gasteiger partial charge in [0.15, 0.2) is 0 Å². The van der Waals surface area contributed by atoms with Gasteiger partial charge in [-0.25, -0.2) is 0 Å². The van der Waals surface area contributed by atoms with Crippen LogP contribution < -0.4 is 9.47 Å². The highest BCUT2D eigenvalue weighted by Crippen LogP contribution is 2.34. The van der Waals surface area contributed by atoms with E-state index in [9.17, 15) is 0 Å². The summed E-state index contributed by atoms with van der Waals surface area (Å²) in [6.45, 7) is 4.13. The van der Waals surface area contributed by atoms with E-state index in [4.69, 9.17) is 9.47 Å². The van der Waals surface area contributed by atoms with E-state index in [1.807, 2.05) is 12.1 Å². The first-order chi connectivity index (χ1) is 8.62. The van der Waals surface area contributed by atoms with Crippen LogP contribution >= 0.6 is 0 Å². The number of fused-ring (bicyclic) bond motifs is 1. The minimum Gasteiger partial charge on any atom is -0.490 e. The fraction of sp³-hybridized carbons (Fsp3) is 0.500. The van der Waals surface area contributed by atoms with Crippen molar-refractivity contribution in [1.29, 1.82) is 0 Å². The van der Waals surface area contributed by atoms with Crippen molar-refractivity contribution in [2.75, 3.05) is 0 Å². The molecule has 3 rings (SSSR count). The summed E-state index contributed by atoms with van der Waals surface area (Å²) in [5.74, 6) is 1.87. The summed E-state index contributed by atoms with van der Waals surface area (Å²) in [6, 6.07) is 6.15. The van der Waals surface area contributed by atoms with Crippen LogP contribution in [0.15, 0.2) is 24.3 Å². The lowest BCUT2D eigenvalue weighted by atomic mass is 10.0. The number of benzene rings is 1. The number of hydrogen-bond acceptors (Lipinski definition) is 2. The van der Waals surface area contributed by atoms with E-state index in [1.54, 1.807) is 0 Å². The van der Waals surface area contributed by atoms with Gasteiger partial charge in [-0.15, -0.1) is 0 Å². The summed E-state index contributed by atoms with van der Waals surface area (Å²) >= 11 is 0. The predicted molar refractivity (Wildman–Crippen MR) is 73.1 cm³/mol. The third-order valence-corrected chi connectivity index (χ3v) is 3.63. The van der Waals surface area contributed by atoms with Crippen LogP contribution in [0.25, 0.3) is 6.08 Å². The molecule has 2 nitrogen and oxygen atoms in total. The molecular formula is C16H20O2. The molecule has 0 atom stereocenters. The predicted octanol–water partition coefficient (Wildman–Crippen LogP) is 4.19. The van der Waals surface area contributed by atoms with Crippen molar-refractivity contribution < 1.29 is 9.47 Å². The molecule has 0 aromatic heterocycles. The van der Waals surface area contributed by atoms with Gasteiger partial charge in [-0.2, -0.15) is 0 Å². The second-order valence-electron chi connectivity index (χ2n) is 5.76. The van der Waals surface area contributed by atoms with Gasteiger partial charge in [-0.3, -0.25) is 0 Å². The van der Waals surface area contributed by atoms with Crippen LogP contribution in [0, 0.1) is 0 Å². The molecule has 1 saturated carbocycles. The summed E-state index contributed by atoms with van der Waals surface area (Å²) in [5, 5.41) is 0. The van der Waals surface area contributed by atoms with Gasteiger partial charge < -0.3 is 9.47 Å². The average Bonchev–Trinajstić information content (AvgIpc) is 2.80. The zero-order valence-electron chi connectivity index (χ0n) is 11.1. The van der Waals surface area contributed by atoms with Gasteiger partial charge in [0.05, 0.1) is 6.10 Å². The van der Waals surface area contributed by atoms with Gasteiger partial charge >= 0.3 is 0 Å². The minimum atomic E-state index is -0.223. The highest BCUT2D eigenvalue weighted by atomic mass is 16.5. The van der Waals surface area contributed by atoms with Gasteiger partial charge in [0.1, 0.15) is 17.1 Å². The SMILES string of the molecule is CC1(C)C=Cc2ccc(OC3CCCC3)cc2O1. The smallest absolute Gasteiger partial charge is 0.131 e. The van der Waals surface area contributed by atoms with Crippen LogP contribution in [-0.4, -0.2) is 11.7 Å². The van der Waals surface area contributed by atoms with Gasteiger partial charge in [-0.05, 0) is 57.7 Å². The molecule has 0 unspecified atom stereocenters. The largest absolute Gasteiger partial charge is 0.490 e. The number of rotatable bonds is 2. The van der Waals surface area contributed by atoms with E-state index >= 15 is 0 Å². The average molecular weight is 244 g/mol. The summed E-state index contributed by atoms with van der Waals surface area (Å²) < 4.78 is 12.0. The Morgan fingerprint density at radius 1 is 1.22 bits per heavy atom. The zero-order chi connectivity index (χ0) is 12.6. The molecule has 0 radical (unpaired) electrons. The third kappa shape index (κ3) is 2.38. The maximum absolute atomic E-state index is 6.01. The van der Waals surface area contributed by atoms with E-state index in [1.165, 1.54) is 25.7 Å². The highest BCUT2D eigenvalue weighted by Gasteiger charge is 2.22. The number of ether oxygens (including phenoxy) is 2. The van der Waals surface area contributed by atoms with Crippen LogP contribution in [0.2, 0.25) is 0 Å². The van der Waals surface area contributed by atoms with Crippen molar-refractivity contribution in [2.24, 2.45) is 0 Å². The molecule has 0 amide bonds. The molecule has 0 saturated heterocycles. The molecule has 1 aromatic carbocycles. The first-order valence-electron chi connectivity index (χ1n) is 6.81. The Morgan fingerprint density at radius 3 is 2.78 bits per heavy atom. The van der Waals surface area contributed by atoms with Crippen molar-refractivity contribution in [2.45, 2.75) is 51.2 Å². The van der Waals surface area contributed by atoms with E-state index in [0.29, 0.717) is 6.10 Å². The highest BCUT2D eigenvalue weighted by molar-refractivity contribution is 5.62. The molecule has 1 heterocycles. The van der Waals surface area contributed by atoms with Gasteiger partial charge in [0.2, 0.25) is 0 Å². The molecule has 18 heavy (non-hydrogen) atoms. The molecule has 0 spiro atoms. The molecule has 1 aromatic rings. The quantitative estimate of drug-likeness (QED) is 0.776. The maximum Gasteiger partial charge on any atom is 0.131 e. The fourth-order valence-electron chi connectivity index (χ4n) is 2.62. The van der Waals surface area contributed by atoms with Crippen LogP contribution in [0.4, 0.5) is 0 Å². The Morgan fingerprint density at radius 2 is 2.00 bits per heavy atom. The Kier molecular flexibility index (Phi) is 2.81. The normalized spacial score (nSPS) is 21.4. The van der Waals surface area contributed by atoms with Crippen LogP contribution in [-0.2, 0) is 0 Å². The van der Waals surface area contributed by atoms with E-state index in [-0.39, 0.29) is 5.60 Å². The zero-order valence-corrected chi connectivity index (χ0v) is 11.1. The molecule has 1 fully saturated rings. The first kappa shape index (κ1) is 11.6. The third-order valence-electron chi connectivity index (χ3n) is 3.63. The molecule has 0 bridgehead atoms.